The summed E-state index contributed by atoms with van der Waals surface area (Å²) in [5.74, 6) is -0.522. The van der Waals surface area contributed by atoms with Crippen LogP contribution in [-0.4, -0.2) is 22.8 Å². The zero-order valence-electron chi connectivity index (χ0n) is 19.4. The van der Waals surface area contributed by atoms with Gasteiger partial charge in [-0.2, -0.15) is 0 Å². The summed E-state index contributed by atoms with van der Waals surface area (Å²) >= 11 is 12.0. The molecule has 0 spiro atoms. The van der Waals surface area contributed by atoms with Crippen LogP contribution in [0.15, 0.2) is 90.1 Å². The number of hydrogen-bond acceptors (Lipinski definition) is 4. The third-order valence-corrected chi connectivity index (χ3v) is 5.75. The van der Waals surface area contributed by atoms with Crippen molar-refractivity contribution in [1.29, 1.82) is 0 Å². The summed E-state index contributed by atoms with van der Waals surface area (Å²) in [7, 11) is 0. The molecule has 0 atom stereocenters. The molecule has 4 aromatic rings. The Kier molecular flexibility index (Phi) is 8.02. The van der Waals surface area contributed by atoms with Gasteiger partial charge in [-0.05, 0) is 65.2 Å². The summed E-state index contributed by atoms with van der Waals surface area (Å²) in [6.07, 6.45) is 1.42. The van der Waals surface area contributed by atoms with Gasteiger partial charge in [0.05, 0.1) is 22.8 Å². The van der Waals surface area contributed by atoms with E-state index in [-0.39, 0.29) is 17.4 Å². The quantitative estimate of drug-likeness (QED) is 0.188. The number of amides is 2. The third-order valence-electron chi connectivity index (χ3n) is 5.30. The SMILES string of the molecule is NC(N)=NCc1cccc(-c2ccc(C(=O)Nc3ccc(Cl)cc3C(=O)Nc3ccc(Cl)cn3)cc2)c1. The molecule has 186 valence electrons. The van der Waals surface area contributed by atoms with Crippen LogP contribution in [0.3, 0.4) is 0 Å². The van der Waals surface area contributed by atoms with Crippen molar-refractivity contribution in [2.45, 2.75) is 6.54 Å². The fraction of sp³-hybridized carbons (Fsp3) is 0.0370. The Bertz CT molecular complexity index is 1470. The van der Waals surface area contributed by atoms with Crippen molar-refractivity contribution in [2.24, 2.45) is 16.5 Å². The van der Waals surface area contributed by atoms with E-state index in [0.29, 0.717) is 33.7 Å². The van der Waals surface area contributed by atoms with E-state index in [4.69, 9.17) is 34.7 Å². The first-order valence-corrected chi connectivity index (χ1v) is 11.8. The molecule has 8 nitrogen and oxygen atoms in total. The molecule has 0 radical (unpaired) electrons. The highest BCUT2D eigenvalue weighted by atomic mass is 35.5. The Hall–Kier alpha value is -4.40. The van der Waals surface area contributed by atoms with Crippen LogP contribution in [0.5, 0.6) is 0 Å². The van der Waals surface area contributed by atoms with Gasteiger partial charge in [-0.1, -0.05) is 53.5 Å². The van der Waals surface area contributed by atoms with Crippen LogP contribution in [0, 0.1) is 0 Å². The van der Waals surface area contributed by atoms with Crippen molar-refractivity contribution in [1.82, 2.24) is 4.98 Å². The Morgan fingerprint density at radius 2 is 1.57 bits per heavy atom. The summed E-state index contributed by atoms with van der Waals surface area (Å²) in [6, 6.07) is 22.7. The van der Waals surface area contributed by atoms with Gasteiger partial charge < -0.3 is 22.1 Å². The first-order valence-electron chi connectivity index (χ1n) is 11.1. The van der Waals surface area contributed by atoms with Crippen molar-refractivity contribution in [2.75, 3.05) is 10.6 Å². The predicted octanol–water partition coefficient (Wildman–Crippen LogP) is 5.33. The van der Waals surface area contributed by atoms with Crippen LogP contribution in [0.25, 0.3) is 11.1 Å². The number of guanidine groups is 1. The maximum atomic E-state index is 13.0. The van der Waals surface area contributed by atoms with E-state index in [0.717, 1.165) is 16.7 Å². The molecule has 1 heterocycles. The zero-order valence-corrected chi connectivity index (χ0v) is 20.9. The molecule has 0 bridgehead atoms. The van der Waals surface area contributed by atoms with E-state index in [1.807, 2.05) is 36.4 Å². The van der Waals surface area contributed by atoms with Gasteiger partial charge >= 0.3 is 0 Å². The first kappa shape index (κ1) is 25.7. The lowest BCUT2D eigenvalue weighted by molar-refractivity contribution is 0.102. The van der Waals surface area contributed by atoms with Crippen molar-refractivity contribution in [3.8, 4) is 11.1 Å². The normalized spacial score (nSPS) is 10.4. The third kappa shape index (κ3) is 6.84. The predicted molar refractivity (Wildman–Crippen MR) is 148 cm³/mol. The maximum absolute atomic E-state index is 13.0. The molecule has 0 saturated carbocycles. The molecule has 0 saturated heterocycles. The highest BCUT2D eigenvalue weighted by Crippen LogP contribution is 2.25. The lowest BCUT2D eigenvalue weighted by Gasteiger charge is -2.12. The molecule has 0 unspecified atom stereocenters. The van der Waals surface area contributed by atoms with Crippen LogP contribution in [0.1, 0.15) is 26.3 Å². The van der Waals surface area contributed by atoms with E-state index in [2.05, 4.69) is 20.6 Å². The van der Waals surface area contributed by atoms with E-state index in [1.54, 1.807) is 36.4 Å². The second-order valence-corrected chi connectivity index (χ2v) is 8.85. The van der Waals surface area contributed by atoms with Gasteiger partial charge in [-0.15, -0.1) is 0 Å². The lowest BCUT2D eigenvalue weighted by Crippen LogP contribution is -2.22. The fourth-order valence-electron chi connectivity index (χ4n) is 3.49. The van der Waals surface area contributed by atoms with Crippen molar-refractivity contribution in [3.05, 3.63) is 112 Å². The van der Waals surface area contributed by atoms with Gasteiger partial charge in [0.25, 0.3) is 11.8 Å². The molecule has 1 aromatic heterocycles. The summed E-state index contributed by atoms with van der Waals surface area (Å²) in [5, 5.41) is 6.25. The number of nitrogens with two attached hydrogens (primary N) is 2. The Morgan fingerprint density at radius 1 is 0.811 bits per heavy atom. The number of rotatable bonds is 7. The molecule has 0 aliphatic rings. The molecular weight excluding hydrogens is 511 g/mol. The molecule has 6 N–H and O–H groups in total. The number of benzene rings is 3. The van der Waals surface area contributed by atoms with Crippen LogP contribution in [0.4, 0.5) is 11.5 Å². The molecule has 10 heteroatoms. The molecular formula is C27H22Cl2N6O2. The molecule has 4 rings (SSSR count). The standard InChI is InChI=1S/C27H22Cl2N6O2/c28-20-8-10-23(22(13-20)26(37)35-24-11-9-21(29)15-32-24)34-25(36)18-6-4-17(5-7-18)19-3-1-2-16(12-19)14-33-27(30)31/h1-13,15H,14H2,(H,34,36)(H4,30,31,33)(H,32,35,37). The van der Waals surface area contributed by atoms with Crippen molar-refractivity contribution in [3.63, 3.8) is 0 Å². The highest BCUT2D eigenvalue weighted by molar-refractivity contribution is 6.31. The molecule has 37 heavy (non-hydrogen) atoms. The fourth-order valence-corrected chi connectivity index (χ4v) is 3.77. The Morgan fingerprint density at radius 3 is 2.27 bits per heavy atom. The molecule has 2 amide bonds. The van der Waals surface area contributed by atoms with Gasteiger partial charge in [-0.25, -0.2) is 9.98 Å². The summed E-state index contributed by atoms with van der Waals surface area (Å²) in [5.41, 5.74) is 14.6. The molecule has 0 aliphatic carbocycles. The number of hydrogen-bond donors (Lipinski definition) is 4. The molecule has 0 fully saturated rings. The largest absolute Gasteiger partial charge is 0.370 e. The van der Waals surface area contributed by atoms with Gasteiger partial charge in [0.15, 0.2) is 5.96 Å². The van der Waals surface area contributed by atoms with Crippen LogP contribution in [-0.2, 0) is 6.54 Å². The number of carbonyl (C=O) groups excluding carboxylic acids is 2. The Balaban J connectivity index is 1.50. The van der Waals surface area contributed by atoms with E-state index < -0.39 is 5.91 Å². The summed E-state index contributed by atoms with van der Waals surface area (Å²) in [6.45, 7) is 0.377. The smallest absolute Gasteiger partial charge is 0.258 e. The average Bonchev–Trinajstić information content (AvgIpc) is 2.90. The number of aliphatic imine (C=N–C) groups is 1. The number of nitrogens with one attached hydrogen (secondary N) is 2. The van der Waals surface area contributed by atoms with E-state index in [1.165, 1.54) is 12.3 Å². The van der Waals surface area contributed by atoms with Crippen LogP contribution in [0.2, 0.25) is 10.0 Å². The van der Waals surface area contributed by atoms with E-state index in [9.17, 15) is 9.59 Å². The van der Waals surface area contributed by atoms with Gasteiger partial charge in [0.2, 0.25) is 0 Å². The zero-order chi connectivity index (χ0) is 26.4. The maximum Gasteiger partial charge on any atom is 0.258 e. The van der Waals surface area contributed by atoms with E-state index >= 15 is 0 Å². The minimum absolute atomic E-state index is 0.0312. The van der Waals surface area contributed by atoms with Crippen molar-refractivity contribution >= 4 is 52.5 Å². The molecule has 3 aromatic carbocycles. The second-order valence-electron chi connectivity index (χ2n) is 7.98. The number of aromatic nitrogens is 1. The topological polar surface area (TPSA) is 135 Å². The van der Waals surface area contributed by atoms with Gasteiger partial charge in [0.1, 0.15) is 5.82 Å². The summed E-state index contributed by atoms with van der Waals surface area (Å²) in [4.78, 5) is 34.0. The number of nitrogens with zero attached hydrogens (tertiary/aromatic N) is 2. The molecule has 0 aliphatic heterocycles. The first-order chi connectivity index (χ1) is 17.8. The monoisotopic (exact) mass is 532 g/mol. The minimum Gasteiger partial charge on any atom is -0.370 e. The lowest BCUT2D eigenvalue weighted by atomic mass is 10.0. The number of pyridine rings is 1. The number of carbonyl (C=O) groups is 2. The number of anilines is 2. The summed E-state index contributed by atoms with van der Waals surface area (Å²) < 4.78 is 0. The van der Waals surface area contributed by atoms with Crippen molar-refractivity contribution < 1.29 is 9.59 Å². The minimum atomic E-state index is -0.483. The second kappa shape index (κ2) is 11.6. The highest BCUT2D eigenvalue weighted by Gasteiger charge is 2.16. The Labute approximate surface area is 223 Å². The van der Waals surface area contributed by atoms with Gasteiger partial charge in [0, 0.05) is 16.8 Å². The van der Waals surface area contributed by atoms with Gasteiger partial charge in [-0.3, -0.25) is 9.59 Å². The van der Waals surface area contributed by atoms with Crippen LogP contribution >= 0.6 is 23.2 Å². The van der Waals surface area contributed by atoms with Crippen LogP contribution < -0.4 is 22.1 Å². The number of halogens is 2. The average molecular weight is 533 g/mol.